The smallest absolute Gasteiger partial charge is 0.302 e. The Bertz CT molecular complexity index is 1090. The molecule has 226 valence electrons. The molecule has 40 heavy (non-hydrogen) atoms. The number of hydrogen-bond acceptors (Lipinski definition) is 6. The van der Waals surface area contributed by atoms with E-state index in [4.69, 9.17) is 14.2 Å². The molecular weight excluding hydrogens is 504 g/mol. The van der Waals surface area contributed by atoms with Crippen LogP contribution >= 0.6 is 0 Å². The standard InChI is InChI=1S/C34H54O6/c1-19(17-25(39-21(3)36)29-31(6,7)40-29)22-11-15-33(9)23(22)18-24(38-20(2)35)28-32(8)14-13-27(37)30(4,5)26(32)12-16-34(28,33)10/h19,24-29,37H,11-18H2,1-10H3/t19-,24+,25+,26+,27+,28+,29-,32+,33+,34+/m1/s1. The van der Waals surface area contributed by atoms with Crippen LogP contribution in [0.4, 0.5) is 0 Å². The summed E-state index contributed by atoms with van der Waals surface area (Å²) in [6.07, 6.45) is 6.83. The summed E-state index contributed by atoms with van der Waals surface area (Å²) >= 11 is 0. The van der Waals surface area contributed by atoms with Gasteiger partial charge in [0.15, 0.2) is 0 Å². The Morgan fingerprint density at radius 2 is 1.65 bits per heavy atom. The number of ether oxygens (including phenoxy) is 3. The maximum Gasteiger partial charge on any atom is 0.302 e. The second-order valence-corrected chi connectivity index (χ2v) is 16.0. The quantitative estimate of drug-likeness (QED) is 0.220. The van der Waals surface area contributed by atoms with Crippen LogP contribution in [0, 0.1) is 39.4 Å². The van der Waals surface area contributed by atoms with Gasteiger partial charge in [-0.25, -0.2) is 0 Å². The van der Waals surface area contributed by atoms with Crippen LogP contribution in [0.1, 0.15) is 121 Å². The fraction of sp³-hybridized carbons (Fsp3) is 0.882. The van der Waals surface area contributed by atoms with Crippen LogP contribution in [0.2, 0.25) is 0 Å². The molecule has 1 aliphatic heterocycles. The van der Waals surface area contributed by atoms with Crippen LogP contribution in [0.3, 0.4) is 0 Å². The summed E-state index contributed by atoms with van der Waals surface area (Å²) < 4.78 is 18.0. The number of allylic oxidation sites excluding steroid dienone is 1. The molecule has 0 aromatic carbocycles. The van der Waals surface area contributed by atoms with Crippen molar-refractivity contribution in [3.05, 3.63) is 11.1 Å². The van der Waals surface area contributed by atoms with Crippen LogP contribution in [-0.2, 0) is 23.8 Å². The molecule has 1 saturated heterocycles. The molecule has 0 bridgehead atoms. The van der Waals surface area contributed by atoms with Gasteiger partial charge in [0.1, 0.15) is 18.3 Å². The third kappa shape index (κ3) is 4.41. The van der Waals surface area contributed by atoms with E-state index in [2.05, 4.69) is 55.4 Å². The van der Waals surface area contributed by atoms with Crippen molar-refractivity contribution < 1.29 is 28.9 Å². The number of carbonyl (C=O) groups is 2. The predicted molar refractivity (Wildman–Crippen MR) is 154 cm³/mol. The fourth-order valence-corrected chi connectivity index (χ4v) is 10.9. The monoisotopic (exact) mass is 558 g/mol. The Morgan fingerprint density at radius 3 is 2.23 bits per heavy atom. The molecule has 0 radical (unpaired) electrons. The fourth-order valence-electron chi connectivity index (χ4n) is 10.9. The maximum atomic E-state index is 12.6. The van der Waals surface area contributed by atoms with Crippen molar-refractivity contribution in [3.8, 4) is 0 Å². The molecule has 5 aliphatic rings. The maximum absolute atomic E-state index is 12.6. The summed E-state index contributed by atoms with van der Waals surface area (Å²) in [7, 11) is 0. The van der Waals surface area contributed by atoms with Crippen molar-refractivity contribution >= 4 is 11.9 Å². The Hall–Kier alpha value is -1.40. The number of epoxide rings is 1. The highest BCUT2D eigenvalue weighted by Gasteiger charge is 2.70. The third-order valence-corrected chi connectivity index (χ3v) is 13.1. The lowest BCUT2D eigenvalue weighted by molar-refractivity contribution is -0.233. The average Bonchev–Trinajstić information content (AvgIpc) is 3.31. The third-order valence-electron chi connectivity index (χ3n) is 13.1. The zero-order valence-electron chi connectivity index (χ0n) is 26.7. The van der Waals surface area contributed by atoms with E-state index in [1.54, 1.807) is 6.92 Å². The first-order chi connectivity index (χ1) is 18.4. The number of rotatable bonds is 6. The first kappa shape index (κ1) is 30.1. The van der Waals surface area contributed by atoms with Crippen LogP contribution in [0.5, 0.6) is 0 Å². The van der Waals surface area contributed by atoms with E-state index in [0.717, 1.165) is 51.4 Å². The summed E-state index contributed by atoms with van der Waals surface area (Å²) in [6, 6.07) is 0. The topological polar surface area (TPSA) is 85.4 Å². The van der Waals surface area contributed by atoms with Crippen LogP contribution in [0.25, 0.3) is 0 Å². The van der Waals surface area contributed by atoms with Crippen molar-refractivity contribution in [1.82, 2.24) is 0 Å². The lowest BCUT2D eigenvalue weighted by Crippen LogP contribution is -2.66. The Kier molecular flexibility index (Phi) is 7.18. The zero-order valence-corrected chi connectivity index (χ0v) is 26.7. The average molecular weight is 559 g/mol. The number of aliphatic hydroxyl groups is 1. The largest absolute Gasteiger partial charge is 0.462 e. The molecule has 0 aromatic heterocycles. The highest BCUT2D eigenvalue weighted by molar-refractivity contribution is 5.66. The summed E-state index contributed by atoms with van der Waals surface area (Å²) in [5.74, 6) is 0.418. The molecule has 3 saturated carbocycles. The zero-order chi connectivity index (χ0) is 29.6. The first-order valence-corrected chi connectivity index (χ1v) is 15.8. The van der Waals surface area contributed by atoms with Gasteiger partial charge in [-0.2, -0.15) is 0 Å². The summed E-state index contributed by atoms with van der Waals surface area (Å²) in [5.41, 5.74) is 2.55. The van der Waals surface area contributed by atoms with Gasteiger partial charge in [-0.15, -0.1) is 0 Å². The van der Waals surface area contributed by atoms with Crippen LogP contribution in [0.15, 0.2) is 11.1 Å². The second-order valence-electron chi connectivity index (χ2n) is 16.0. The van der Waals surface area contributed by atoms with Gasteiger partial charge in [0.25, 0.3) is 0 Å². The van der Waals surface area contributed by atoms with Crippen molar-refractivity contribution in [2.75, 3.05) is 0 Å². The van der Waals surface area contributed by atoms with Gasteiger partial charge in [0.2, 0.25) is 0 Å². The van der Waals surface area contributed by atoms with Gasteiger partial charge >= 0.3 is 11.9 Å². The molecule has 4 aliphatic carbocycles. The van der Waals surface area contributed by atoms with Crippen molar-refractivity contribution in [3.63, 3.8) is 0 Å². The minimum absolute atomic E-state index is 0.00588. The Balaban J connectivity index is 1.52. The lowest BCUT2D eigenvalue weighted by Gasteiger charge is -2.70. The molecule has 0 amide bonds. The molecule has 10 atom stereocenters. The van der Waals surface area contributed by atoms with E-state index in [1.807, 2.05) is 0 Å². The molecule has 0 spiro atoms. The van der Waals surface area contributed by atoms with E-state index in [0.29, 0.717) is 5.92 Å². The summed E-state index contributed by atoms with van der Waals surface area (Å²) in [4.78, 5) is 24.6. The Labute approximate surface area is 242 Å². The summed E-state index contributed by atoms with van der Waals surface area (Å²) in [6.45, 7) is 21.3. The molecular formula is C34H54O6. The molecule has 1 N–H and O–H groups in total. The molecule has 4 fully saturated rings. The number of fused-ring (bicyclic) bond motifs is 5. The normalized spacial score (nSPS) is 44.5. The van der Waals surface area contributed by atoms with E-state index >= 15 is 0 Å². The van der Waals surface area contributed by atoms with Crippen molar-refractivity contribution in [2.24, 2.45) is 39.4 Å². The number of esters is 2. The van der Waals surface area contributed by atoms with Gasteiger partial charge < -0.3 is 19.3 Å². The van der Waals surface area contributed by atoms with Gasteiger partial charge in [0, 0.05) is 26.2 Å². The molecule has 5 rings (SSSR count). The number of hydrogen-bond donors (Lipinski definition) is 1. The first-order valence-electron chi connectivity index (χ1n) is 15.8. The molecule has 6 nitrogen and oxygen atoms in total. The number of aliphatic hydroxyl groups excluding tert-OH is 1. The van der Waals surface area contributed by atoms with Gasteiger partial charge in [-0.05, 0) is 92.3 Å². The molecule has 6 heteroatoms. The van der Waals surface area contributed by atoms with Crippen molar-refractivity contribution in [2.45, 2.75) is 151 Å². The SMILES string of the molecule is CC(=O)O[C@@H](C[C@@H](C)C1=C2C[C@H](OC(C)=O)[C@H]3[C@@]4(C)CC[C@H](O)C(C)(C)[C@@H]4CC[C@]3(C)[C@@]2(C)CC1)[C@H]1OC1(C)C. The molecule has 1 heterocycles. The van der Waals surface area contributed by atoms with Crippen LogP contribution in [-0.4, -0.2) is 47.1 Å². The Morgan fingerprint density at radius 1 is 1.00 bits per heavy atom. The highest BCUT2D eigenvalue weighted by atomic mass is 16.6. The van der Waals surface area contributed by atoms with Gasteiger partial charge in [0.05, 0.1) is 11.7 Å². The van der Waals surface area contributed by atoms with E-state index in [-0.39, 0.29) is 75.5 Å². The van der Waals surface area contributed by atoms with Gasteiger partial charge in [-0.1, -0.05) is 52.7 Å². The molecule has 0 aromatic rings. The van der Waals surface area contributed by atoms with E-state index in [1.165, 1.54) is 18.1 Å². The predicted octanol–water partition coefficient (Wildman–Crippen LogP) is 6.77. The minimum Gasteiger partial charge on any atom is -0.462 e. The number of carbonyl (C=O) groups excluding carboxylic acids is 2. The van der Waals surface area contributed by atoms with Crippen LogP contribution < -0.4 is 0 Å². The second kappa shape index (κ2) is 9.56. The minimum atomic E-state index is -0.290. The highest BCUT2D eigenvalue weighted by Crippen LogP contribution is 2.75. The van der Waals surface area contributed by atoms with E-state index < -0.39 is 0 Å². The molecule has 0 unspecified atom stereocenters. The lowest BCUT2D eigenvalue weighted by atomic mass is 9.35. The van der Waals surface area contributed by atoms with Gasteiger partial charge in [-0.3, -0.25) is 9.59 Å². The van der Waals surface area contributed by atoms with E-state index in [9.17, 15) is 14.7 Å². The van der Waals surface area contributed by atoms with Crippen molar-refractivity contribution in [1.29, 1.82) is 0 Å². The summed E-state index contributed by atoms with van der Waals surface area (Å²) in [5, 5.41) is 11.0.